The molecule has 0 heterocycles. The van der Waals surface area contributed by atoms with Gasteiger partial charge in [-0.1, -0.05) is 23.3 Å². The van der Waals surface area contributed by atoms with Crippen LogP contribution in [-0.4, -0.2) is 27.1 Å². The van der Waals surface area contributed by atoms with Gasteiger partial charge in [0.05, 0.1) is 5.60 Å². The van der Waals surface area contributed by atoms with Crippen molar-refractivity contribution in [1.29, 1.82) is 0 Å². The van der Waals surface area contributed by atoms with Crippen LogP contribution in [0.5, 0.6) is 0 Å². The zero-order chi connectivity index (χ0) is 25.4. The van der Waals surface area contributed by atoms with E-state index in [-0.39, 0.29) is 11.6 Å². The minimum atomic E-state index is -0.579. The molecule has 0 spiro atoms. The van der Waals surface area contributed by atoms with Crippen LogP contribution in [0.4, 0.5) is 0 Å². The van der Waals surface area contributed by atoms with Gasteiger partial charge < -0.3 is 5.11 Å². The largest absolute Gasteiger partial charge is 0.390 e. The van der Waals surface area contributed by atoms with Gasteiger partial charge in [0, 0.05) is 27.2 Å². The maximum absolute atomic E-state index is 12.6. The molecule has 0 bridgehead atoms. The minimum Gasteiger partial charge on any atom is -0.390 e. The molecule has 1 atom stereocenters. The summed E-state index contributed by atoms with van der Waals surface area (Å²) in [4.78, 5) is 24.6. The third-order valence-electron chi connectivity index (χ3n) is 6.76. The van der Waals surface area contributed by atoms with Gasteiger partial charge in [-0.05, 0) is 113 Å². The lowest BCUT2D eigenvalue weighted by molar-refractivity contribution is -0.116. The molecule has 0 saturated carbocycles. The van der Waals surface area contributed by atoms with Crippen molar-refractivity contribution in [3.05, 3.63) is 45.6 Å². The molecule has 0 aromatic rings. The summed E-state index contributed by atoms with van der Waals surface area (Å²) in [5.41, 5.74) is 4.52. The average Bonchev–Trinajstić information content (AvgIpc) is 2.69. The molecule has 33 heavy (non-hydrogen) atoms. The Kier molecular flexibility index (Phi) is 11.5. The lowest BCUT2D eigenvalue weighted by atomic mass is 9.82. The van der Waals surface area contributed by atoms with Crippen LogP contribution in [0.1, 0.15) is 113 Å². The van der Waals surface area contributed by atoms with E-state index in [1.165, 1.54) is 11.1 Å². The van der Waals surface area contributed by atoms with Gasteiger partial charge in [0.1, 0.15) is 0 Å². The molecular formula is C29H45ClO3. The normalized spacial score (nSPS) is 18.4. The summed E-state index contributed by atoms with van der Waals surface area (Å²) in [5.74, 6) is -0.0188. The quantitative estimate of drug-likeness (QED) is 0.166. The summed E-state index contributed by atoms with van der Waals surface area (Å²) in [6, 6.07) is 0. The summed E-state index contributed by atoms with van der Waals surface area (Å²) in [7, 11) is 0. The molecule has 0 fully saturated rings. The van der Waals surface area contributed by atoms with E-state index in [9.17, 15) is 14.7 Å². The van der Waals surface area contributed by atoms with Gasteiger partial charge in [-0.15, -0.1) is 11.6 Å². The number of carbonyl (C=O) groups excluding carboxylic acids is 2. The van der Waals surface area contributed by atoms with Gasteiger partial charge in [-0.3, -0.25) is 9.59 Å². The Balaban J connectivity index is 2.46. The molecule has 186 valence electrons. The second-order valence-corrected chi connectivity index (χ2v) is 11.7. The van der Waals surface area contributed by atoms with Crippen LogP contribution in [0, 0.1) is 0 Å². The third-order valence-corrected chi connectivity index (χ3v) is 7.13. The number of allylic oxidation sites excluding steroid dienone is 8. The zero-order valence-corrected chi connectivity index (χ0v) is 22.9. The second-order valence-electron chi connectivity index (χ2n) is 10.8. The van der Waals surface area contributed by atoms with Crippen molar-refractivity contribution in [3.8, 4) is 0 Å². The number of aliphatic hydroxyl groups is 1. The lowest BCUT2D eigenvalue weighted by Gasteiger charge is -2.24. The number of halogens is 1. The Hall–Kier alpha value is -1.45. The first-order valence-corrected chi connectivity index (χ1v) is 12.7. The molecule has 0 aromatic carbocycles. The van der Waals surface area contributed by atoms with Crippen LogP contribution in [0.15, 0.2) is 45.6 Å². The van der Waals surface area contributed by atoms with Gasteiger partial charge in [-0.2, -0.15) is 0 Å². The monoisotopic (exact) mass is 476 g/mol. The highest BCUT2D eigenvalue weighted by Gasteiger charge is 2.29. The Bertz CT molecular complexity index is 845. The summed E-state index contributed by atoms with van der Waals surface area (Å²) < 4.78 is 0. The molecule has 0 radical (unpaired) electrons. The predicted molar refractivity (Wildman–Crippen MR) is 141 cm³/mol. The Morgan fingerprint density at radius 2 is 1.36 bits per heavy atom. The summed E-state index contributed by atoms with van der Waals surface area (Å²) >= 11 is 6.77. The van der Waals surface area contributed by atoms with Gasteiger partial charge in [0.15, 0.2) is 11.6 Å². The number of alkyl halides is 1. The van der Waals surface area contributed by atoms with E-state index in [2.05, 4.69) is 26.0 Å². The Morgan fingerprint density at radius 1 is 0.818 bits per heavy atom. The van der Waals surface area contributed by atoms with E-state index < -0.39 is 10.5 Å². The van der Waals surface area contributed by atoms with E-state index in [1.807, 2.05) is 20.8 Å². The lowest BCUT2D eigenvalue weighted by Crippen LogP contribution is -2.23. The molecule has 1 rings (SSSR count). The van der Waals surface area contributed by atoms with Crippen LogP contribution >= 0.6 is 11.6 Å². The fourth-order valence-electron chi connectivity index (χ4n) is 4.14. The Morgan fingerprint density at radius 3 is 1.97 bits per heavy atom. The van der Waals surface area contributed by atoms with Crippen molar-refractivity contribution in [3.63, 3.8) is 0 Å². The highest BCUT2D eigenvalue weighted by atomic mass is 35.5. The van der Waals surface area contributed by atoms with Crippen LogP contribution in [0.25, 0.3) is 0 Å². The number of carbonyl (C=O) groups is 2. The molecule has 1 unspecified atom stereocenters. The van der Waals surface area contributed by atoms with E-state index in [1.54, 1.807) is 20.8 Å². The van der Waals surface area contributed by atoms with Crippen LogP contribution in [0.2, 0.25) is 0 Å². The molecule has 1 N–H and O–H groups in total. The fourth-order valence-corrected chi connectivity index (χ4v) is 4.34. The molecule has 0 aliphatic heterocycles. The number of ketones is 2. The summed E-state index contributed by atoms with van der Waals surface area (Å²) in [6.07, 6.45) is 12.5. The summed E-state index contributed by atoms with van der Waals surface area (Å²) in [6.45, 7) is 15.3. The van der Waals surface area contributed by atoms with E-state index >= 15 is 0 Å². The highest BCUT2D eigenvalue weighted by molar-refractivity contribution is 6.25. The van der Waals surface area contributed by atoms with Crippen LogP contribution in [0.3, 0.4) is 0 Å². The molecule has 4 heteroatoms. The molecule has 3 nitrogen and oxygen atoms in total. The number of rotatable bonds is 13. The average molecular weight is 477 g/mol. The molecule has 0 saturated heterocycles. The van der Waals surface area contributed by atoms with E-state index in [0.29, 0.717) is 35.1 Å². The maximum Gasteiger partial charge on any atom is 0.185 e. The number of Topliss-reactive ketones (excluding diaryl/α,β-unsaturated/α-hetero) is 2. The number of hydrogen-bond donors (Lipinski definition) is 1. The standard InChI is InChI=1S/C29H45ClO3/c1-20(14-10-17-28(6,7)33)12-9-13-21(2)15-11-18-29(8,30)19-16-25-24(5)26(31)22(3)23(4)27(25)32/h12,15,33H,9-11,13-14,16-19H2,1-8H3/b20-12+,21-15+. The molecule has 1 aliphatic rings. The first-order valence-electron chi connectivity index (χ1n) is 12.3. The van der Waals surface area contributed by atoms with Crippen molar-refractivity contribution in [2.24, 2.45) is 0 Å². The fraction of sp³-hybridized carbons (Fsp3) is 0.655. The van der Waals surface area contributed by atoms with E-state index in [4.69, 9.17) is 11.6 Å². The molecular weight excluding hydrogens is 432 g/mol. The molecule has 0 amide bonds. The van der Waals surface area contributed by atoms with Crippen molar-refractivity contribution >= 4 is 23.2 Å². The highest BCUT2D eigenvalue weighted by Crippen LogP contribution is 2.33. The van der Waals surface area contributed by atoms with E-state index in [0.717, 1.165) is 44.9 Å². The van der Waals surface area contributed by atoms with Crippen LogP contribution < -0.4 is 0 Å². The van der Waals surface area contributed by atoms with Crippen molar-refractivity contribution in [2.45, 2.75) is 124 Å². The molecule has 1 aliphatic carbocycles. The van der Waals surface area contributed by atoms with Gasteiger partial charge in [0.2, 0.25) is 0 Å². The first-order chi connectivity index (χ1) is 15.1. The van der Waals surface area contributed by atoms with Crippen LogP contribution in [-0.2, 0) is 9.59 Å². The summed E-state index contributed by atoms with van der Waals surface area (Å²) in [5, 5.41) is 9.80. The predicted octanol–water partition coefficient (Wildman–Crippen LogP) is 7.96. The van der Waals surface area contributed by atoms with Crippen molar-refractivity contribution < 1.29 is 14.7 Å². The topological polar surface area (TPSA) is 54.4 Å². The van der Waals surface area contributed by atoms with Gasteiger partial charge in [0.25, 0.3) is 0 Å². The smallest absolute Gasteiger partial charge is 0.185 e. The minimum absolute atomic E-state index is 0.00349. The first kappa shape index (κ1) is 29.6. The SMILES string of the molecule is CC1=C(C)C(=O)C(CCC(C)(Cl)CC/C=C(\C)CC/C=C(\C)CCCC(C)(C)O)=C(C)C1=O. The second kappa shape index (κ2) is 12.9. The zero-order valence-electron chi connectivity index (χ0n) is 22.2. The van der Waals surface area contributed by atoms with Gasteiger partial charge in [-0.25, -0.2) is 0 Å². The Labute approximate surface area is 207 Å². The maximum atomic E-state index is 12.6. The molecule has 0 aromatic heterocycles. The van der Waals surface area contributed by atoms with Crippen molar-refractivity contribution in [2.75, 3.05) is 0 Å². The van der Waals surface area contributed by atoms with Gasteiger partial charge >= 0.3 is 0 Å². The number of hydrogen-bond acceptors (Lipinski definition) is 3. The third kappa shape index (κ3) is 10.6. The van der Waals surface area contributed by atoms with Crippen molar-refractivity contribution in [1.82, 2.24) is 0 Å².